The lowest BCUT2D eigenvalue weighted by atomic mass is 10.2. The molecule has 1 atom stereocenters. The number of carbonyl (C=O) groups excluding carboxylic acids is 2. The molecule has 0 aliphatic rings. The highest BCUT2D eigenvalue weighted by molar-refractivity contribution is 7.07. The summed E-state index contributed by atoms with van der Waals surface area (Å²) in [6, 6.07) is 8.40. The first kappa shape index (κ1) is 18.4. The van der Waals surface area contributed by atoms with Crippen molar-refractivity contribution in [2.24, 2.45) is 0 Å². The van der Waals surface area contributed by atoms with Gasteiger partial charge >= 0.3 is 10.8 Å². The molecule has 1 N–H and O–H groups in total. The number of rotatable bonds is 6. The predicted molar refractivity (Wildman–Crippen MR) is 93.3 cm³/mol. The summed E-state index contributed by atoms with van der Waals surface area (Å²) in [5.41, 5.74) is 1.65. The molecule has 0 bridgehead atoms. The third-order valence-corrected chi connectivity index (χ3v) is 4.33. The van der Waals surface area contributed by atoms with Gasteiger partial charge in [-0.2, -0.15) is 5.26 Å². The van der Waals surface area contributed by atoms with E-state index in [9.17, 15) is 14.4 Å². The second-order valence-electron chi connectivity index (χ2n) is 5.36. The largest absolute Gasteiger partial charge is 0.452 e. The van der Waals surface area contributed by atoms with E-state index in [-0.39, 0.29) is 17.8 Å². The maximum atomic E-state index is 12.1. The lowest BCUT2D eigenvalue weighted by Crippen LogP contribution is -2.30. The number of benzene rings is 1. The van der Waals surface area contributed by atoms with Gasteiger partial charge < -0.3 is 14.6 Å². The van der Waals surface area contributed by atoms with Crippen LogP contribution in [0, 0.1) is 18.3 Å². The van der Waals surface area contributed by atoms with E-state index >= 15 is 0 Å². The average molecular weight is 359 g/mol. The van der Waals surface area contributed by atoms with Gasteiger partial charge in [-0.15, -0.1) is 0 Å². The van der Waals surface area contributed by atoms with Crippen LogP contribution in [-0.4, -0.2) is 22.5 Å². The van der Waals surface area contributed by atoms with E-state index in [0.29, 0.717) is 11.3 Å². The molecule has 8 heteroatoms. The first-order valence-electron chi connectivity index (χ1n) is 7.56. The van der Waals surface area contributed by atoms with Gasteiger partial charge in [0, 0.05) is 23.3 Å². The van der Waals surface area contributed by atoms with Crippen LogP contribution in [-0.2, 0) is 20.9 Å². The van der Waals surface area contributed by atoms with Gasteiger partial charge in [-0.05, 0) is 32.0 Å². The number of ether oxygens (including phenoxy) is 1. The van der Waals surface area contributed by atoms with Gasteiger partial charge in [-0.3, -0.25) is 14.4 Å². The number of amides is 1. The summed E-state index contributed by atoms with van der Waals surface area (Å²) in [7, 11) is 0. The molecule has 1 heterocycles. The molecule has 1 aromatic carbocycles. The molecule has 0 saturated carbocycles. The molecule has 7 nitrogen and oxygen atoms in total. The Labute approximate surface area is 148 Å². The van der Waals surface area contributed by atoms with Crippen LogP contribution in [0.4, 0.5) is 5.69 Å². The van der Waals surface area contributed by atoms with Gasteiger partial charge in [0.1, 0.15) is 0 Å². The summed E-state index contributed by atoms with van der Waals surface area (Å²) in [5.74, 6) is -1.06. The number of esters is 1. The highest BCUT2D eigenvalue weighted by Gasteiger charge is 2.18. The molecule has 2 aromatic rings. The molecule has 25 heavy (non-hydrogen) atoms. The lowest BCUT2D eigenvalue weighted by Gasteiger charge is -2.14. The van der Waals surface area contributed by atoms with Crippen molar-refractivity contribution in [2.75, 3.05) is 5.32 Å². The Bertz CT molecular complexity index is 879. The second-order valence-corrected chi connectivity index (χ2v) is 6.18. The number of aromatic nitrogens is 1. The van der Waals surface area contributed by atoms with Crippen molar-refractivity contribution in [1.82, 2.24) is 4.57 Å². The zero-order chi connectivity index (χ0) is 18.4. The summed E-state index contributed by atoms with van der Waals surface area (Å²) < 4.78 is 6.58. The topological polar surface area (TPSA) is 101 Å². The first-order chi connectivity index (χ1) is 11.9. The standard InChI is InChI=1S/C17H17N3O4S/c1-11-10-25-17(23)20(11)7-6-15(21)24-12(2)16(22)19-14-5-3-4-13(8-14)9-18/h3-5,8,10,12H,6-7H2,1-2H3,(H,19,22). The van der Waals surface area contributed by atoms with Crippen LogP contribution < -0.4 is 10.2 Å². The number of carbonyl (C=O) groups is 2. The quantitative estimate of drug-likeness (QED) is 0.796. The minimum absolute atomic E-state index is 0.000975. The second kappa shape index (κ2) is 8.26. The molecule has 0 aliphatic carbocycles. The molecule has 1 unspecified atom stereocenters. The molecule has 0 fully saturated rings. The van der Waals surface area contributed by atoms with Gasteiger partial charge in [0.25, 0.3) is 5.91 Å². The van der Waals surface area contributed by atoms with Crippen molar-refractivity contribution in [3.63, 3.8) is 0 Å². The van der Waals surface area contributed by atoms with E-state index < -0.39 is 18.0 Å². The zero-order valence-corrected chi connectivity index (χ0v) is 14.6. The molecule has 0 saturated heterocycles. The van der Waals surface area contributed by atoms with E-state index in [1.807, 2.05) is 6.07 Å². The van der Waals surface area contributed by atoms with Crippen LogP contribution in [0.1, 0.15) is 24.6 Å². The Morgan fingerprint density at radius 3 is 2.84 bits per heavy atom. The van der Waals surface area contributed by atoms with Crippen LogP contribution in [0.2, 0.25) is 0 Å². The fourth-order valence-corrected chi connectivity index (χ4v) is 2.86. The van der Waals surface area contributed by atoms with E-state index in [1.54, 1.807) is 30.5 Å². The first-order valence-corrected chi connectivity index (χ1v) is 8.44. The number of hydrogen-bond donors (Lipinski definition) is 1. The fraction of sp³-hybridized carbons (Fsp3) is 0.294. The average Bonchev–Trinajstić information content (AvgIpc) is 2.91. The Hall–Kier alpha value is -2.92. The highest BCUT2D eigenvalue weighted by Crippen LogP contribution is 2.11. The van der Waals surface area contributed by atoms with Crippen molar-refractivity contribution in [3.8, 4) is 6.07 Å². The normalized spacial score (nSPS) is 11.4. The summed E-state index contributed by atoms with van der Waals surface area (Å²) in [6.45, 7) is 3.46. The van der Waals surface area contributed by atoms with Gasteiger partial charge in [0.05, 0.1) is 18.1 Å². The minimum atomic E-state index is -0.987. The van der Waals surface area contributed by atoms with E-state index in [2.05, 4.69) is 5.32 Å². The SMILES string of the molecule is Cc1csc(=O)n1CCC(=O)OC(C)C(=O)Nc1cccc(C#N)c1. The molecule has 0 radical (unpaired) electrons. The van der Waals surface area contributed by atoms with Crippen molar-refractivity contribution >= 4 is 28.9 Å². The number of anilines is 1. The van der Waals surface area contributed by atoms with E-state index in [1.165, 1.54) is 17.6 Å². The Kier molecular flexibility index (Phi) is 6.08. The van der Waals surface area contributed by atoms with Gasteiger partial charge in [0.15, 0.2) is 6.10 Å². The molecule has 0 aliphatic heterocycles. The monoisotopic (exact) mass is 359 g/mol. The van der Waals surface area contributed by atoms with E-state index in [0.717, 1.165) is 17.0 Å². The van der Waals surface area contributed by atoms with Crippen molar-refractivity contribution in [2.45, 2.75) is 32.9 Å². The van der Waals surface area contributed by atoms with Crippen LogP contribution in [0.15, 0.2) is 34.4 Å². The number of aryl methyl sites for hydroxylation is 1. The zero-order valence-electron chi connectivity index (χ0n) is 13.8. The summed E-state index contributed by atoms with van der Waals surface area (Å²) in [6.07, 6.45) is -0.988. The number of nitrogens with one attached hydrogen (secondary N) is 1. The van der Waals surface area contributed by atoms with Gasteiger partial charge in [0.2, 0.25) is 0 Å². The lowest BCUT2D eigenvalue weighted by molar-refractivity contribution is -0.153. The molecule has 0 spiro atoms. The predicted octanol–water partition coefficient (Wildman–Crippen LogP) is 2.05. The Balaban J connectivity index is 1.86. The van der Waals surface area contributed by atoms with Crippen molar-refractivity contribution in [3.05, 3.63) is 50.6 Å². The summed E-state index contributed by atoms with van der Waals surface area (Å²) >= 11 is 1.07. The van der Waals surface area contributed by atoms with E-state index in [4.69, 9.17) is 10.00 Å². The van der Waals surface area contributed by atoms with Gasteiger partial charge in [-0.25, -0.2) is 0 Å². The van der Waals surface area contributed by atoms with Crippen molar-refractivity contribution < 1.29 is 14.3 Å². The van der Waals surface area contributed by atoms with Crippen LogP contribution in [0.25, 0.3) is 0 Å². The maximum absolute atomic E-state index is 12.1. The molecule has 2 rings (SSSR count). The Morgan fingerprint density at radius 1 is 1.44 bits per heavy atom. The number of hydrogen-bond acceptors (Lipinski definition) is 6. The maximum Gasteiger partial charge on any atom is 0.308 e. The van der Waals surface area contributed by atoms with Crippen molar-refractivity contribution in [1.29, 1.82) is 5.26 Å². The molecular formula is C17H17N3O4S. The summed E-state index contributed by atoms with van der Waals surface area (Å²) in [5, 5.41) is 13.2. The van der Waals surface area contributed by atoms with Crippen LogP contribution in [0.5, 0.6) is 0 Å². The molecular weight excluding hydrogens is 342 g/mol. The third-order valence-electron chi connectivity index (χ3n) is 3.45. The van der Waals surface area contributed by atoms with Crippen LogP contribution >= 0.6 is 11.3 Å². The number of nitriles is 1. The fourth-order valence-electron chi connectivity index (χ4n) is 2.10. The smallest absolute Gasteiger partial charge is 0.308 e. The van der Waals surface area contributed by atoms with Gasteiger partial charge in [-0.1, -0.05) is 17.4 Å². The van der Waals surface area contributed by atoms with Crippen LogP contribution in [0.3, 0.4) is 0 Å². The molecule has 1 amide bonds. The number of nitrogens with zero attached hydrogens (tertiary/aromatic N) is 2. The molecule has 1 aromatic heterocycles. The minimum Gasteiger partial charge on any atom is -0.452 e. The highest BCUT2D eigenvalue weighted by atomic mass is 32.1. The number of thiazole rings is 1. The Morgan fingerprint density at radius 2 is 2.20 bits per heavy atom. The summed E-state index contributed by atoms with van der Waals surface area (Å²) in [4.78, 5) is 35.4. The molecule has 130 valence electrons. The third kappa shape index (κ3) is 5.02.